The van der Waals surface area contributed by atoms with Crippen LogP contribution in [0.2, 0.25) is 0 Å². The molecule has 5 nitrogen and oxygen atoms in total. The highest BCUT2D eigenvalue weighted by atomic mass is 19.3. The van der Waals surface area contributed by atoms with Gasteiger partial charge < -0.3 is 10.1 Å². The number of ether oxygens (including phenoxy) is 1. The number of benzene rings is 2. The van der Waals surface area contributed by atoms with Crippen LogP contribution >= 0.6 is 0 Å². The van der Waals surface area contributed by atoms with Gasteiger partial charge in [0.05, 0.1) is 17.1 Å². The lowest BCUT2D eigenvalue weighted by Crippen LogP contribution is -2.32. The van der Waals surface area contributed by atoms with Gasteiger partial charge in [-0.25, -0.2) is 4.98 Å². The van der Waals surface area contributed by atoms with Crippen LogP contribution in [-0.4, -0.2) is 22.1 Å². The zero-order chi connectivity index (χ0) is 19.6. The Morgan fingerprint density at radius 3 is 2.52 bits per heavy atom. The van der Waals surface area contributed by atoms with Crippen molar-refractivity contribution in [3.05, 3.63) is 59.4 Å². The zero-order valence-electron chi connectivity index (χ0n) is 15.4. The number of rotatable bonds is 6. The van der Waals surface area contributed by atoms with Crippen molar-refractivity contribution in [2.45, 2.75) is 33.4 Å². The van der Waals surface area contributed by atoms with Crippen molar-refractivity contribution in [1.29, 1.82) is 0 Å². The number of aromatic nitrogens is 2. The smallest absolute Gasteiger partial charge is 0.320 e. The number of nitrogens with one attached hydrogen (secondary N) is 1. The molecule has 0 radical (unpaired) electrons. The second-order valence-corrected chi connectivity index (χ2v) is 6.51. The number of para-hydroxylation sites is 2. The van der Waals surface area contributed by atoms with Gasteiger partial charge >= 0.3 is 6.55 Å². The molecule has 0 aliphatic heterocycles. The molecule has 1 N–H and O–H groups in total. The van der Waals surface area contributed by atoms with Crippen LogP contribution in [0.5, 0.6) is 5.75 Å². The summed E-state index contributed by atoms with van der Waals surface area (Å²) in [6, 6.07) is 11.6. The minimum absolute atomic E-state index is 0.103. The van der Waals surface area contributed by atoms with Gasteiger partial charge in [0, 0.05) is 0 Å². The lowest BCUT2D eigenvalue weighted by Gasteiger charge is -2.16. The van der Waals surface area contributed by atoms with Crippen LogP contribution in [0.1, 0.15) is 36.5 Å². The minimum atomic E-state index is -2.75. The van der Waals surface area contributed by atoms with Gasteiger partial charge in [-0.3, -0.25) is 9.36 Å². The van der Waals surface area contributed by atoms with Crippen molar-refractivity contribution >= 4 is 16.9 Å². The molecule has 0 saturated carbocycles. The van der Waals surface area contributed by atoms with Gasteiger partial charge in [-0.05, 0) is 56.2 Å². The van der Waals surface area contributed by atoms with E-state index in [9.17, 15) is 13.6 Å². The average molecular weight is 373 g/mol. The molecule has 27 heavy (non-hydrogen) atoms. The van der Waals surface area contributed by atoms with Crippen LogP contribution < -0.4 is 10.1 Å². The molecule has 0 saturated heterocycles. The van der Waals surface area contributed by atoms with E-state index >= 15 is 0 Å². The topological polar surface area (TPSA) is 56.1 Å². The quantitative estimate of drug-likeness (QED) is 0.701. The van der Waals surface area contributed by atoms with Crippen molar-refractivity contribution in [2.75, 3.05) is 6.61 Å². The van der Waals surface area contributed by atoms with E-state index in [-0.39, 0.29) is 12.4 Å². The largest absolute Gasteiger partial charge is 0.484 e. The van der Waals surface area contributed by atoms with Gasteiger partial charge in [-0.15, -0.1) is 0 Å². The van der Waals surface area contributed by atoms with E-state index in [0.717, 1.165) is 15.7 Å². The Morgan fingerprint density at radius 1 is 1.19 bits per heavy atom. The van der Waals surface area contributed by atoms with Gasteiger partial charge in [-0.2, -0.15) is 8.78 Å². The maximum Gasteiger partial charge on any atom is 0.320 e. The Hall–Kier alpha value is -2.96. The third-order valence-electron chi connectivity index (χ3n) is 4.15. The fourth-order valence-electron chi connectivity index (χ4n) is 3.09. The average Bonchev–Trinajstić information content (AvgIpc) is 2.99. The molecule has 142 valence electrons. The summed E-state index contributed by atoms with van der Waals surface area (Å²) in [4.78, 5) is 16.5. The molecule has 2 aromatic carbocycles. The number of alkyl halides is 2. The third-order valence-corrected chi connectivity index (χ3v) is 4.15. The molecule has 3 aromatic rings. The molecule has 0 bridgehead atoms. The third kappa shape index (κ3) is 4.24. The van der Waals surface area contributed by atoms with Crippen LogP contribution in [-0.2, 0) is 4.79 Å². The summed E-state index contributed by atoms with van der Waals surface area (Å²) in [6.45, 7) is 2.54. The Kier molecular flexibility index (Phi) is 5.39. The second-order valence-electron chi connectivity index (χ2n) is 6.51. The molecule has 0 fully saturated rings. The summed E-state index contributed by atoms with van der Waals surface area (Å²) in [5.41, 5.74) is 2.85. The summed E-state index contributed by atoms with van der Waals surface area (Å²) in [5.74, 6) is 0.288. The van der Waals surface area contributed by atoms with Gasteiger partial charge in [0.1, 0.15) is 11.6 Å². The molecule has 3 rings (SSSR count). The number of carbonyl (C=O) groups is 1. The number of aryl methyl sites for hydroxylation is 2. The molecule has 1 atom stereocenters. The summed E-state index contributed by atoms with van der Waals surface area (Å²) < 4.78 is 33.4. The van der Waals surface area contributed by atoms with Crippen LogP contribution in [0.4, 0.5) is 8.78 Å². The van der Waals surface area contributed by atoms with Gasteiger partial charge in [-0.1, -0.05) is 18.2 Å². The Bertz CT molecular complexity index is 949. The van der Waals surface area contributed by atoms with Crippen molar-refractivity contribution < 1.29 is 18.3 Å². The Labute approximate surface area is 156 Å². The van der Waals surface area contributed by atoms with Gasteiger partial charge in [0.25, 0.3) is 5.91 Å². The Balaban J connectivity index is 1.71. The van der Waals surface area contributed by atoms with E-state index in [1.54, 1.807) is 31.2 Å². The molecule has 1 amide bonds. The maximum atomic E-state index is 13.5. The molecule has 0 aliphatic rings. The standard InChI is InChI=1S/C20H21F2N3O2/c1-12-8-13(2)10-15(9-12)27-11-18(26)23-14(3)19-24-16-6-4-5-7-17(16)25(19)20(21)22/h4-10,14,20H,11H2,1-3H3,(H,23,26). The van der Waals surface area contributed by atoms with E-state index in [0.29, 0.717) is 16.8 Å². The predicted molar refractivity (Wildman–Crippen MR) is 99.0 cm³/mol. The highest BCUT2D eigenvalue weighted by Crippen LogP contribution is 2.26. The molecule has 7 heteroatoms. The fourth-order valence-corrected chi connectivity index (χ4v) is 3.09. The molecular formula is C20H21F2N3O2. The number of nitrogens with zero attached hydrogens (tertiary/aromatic N) is 2. The Morgan fingerprint density at radius 2 is 1.85 bits per heavy atom. The normalized spacial score (nSPS) is 12.4. The number of hydrogen-bond donors (Lipinski definition) is 1. The number of hydrogen-bond acceptors (Lipinski definition) is 3. The number of amides is 1. The molecule has 1 aromatic heterocycles. The van der Waals surface area contributed by atoms with Gasteiger partial charge in [0.2, 0.25) is 0 Å². The molecule has 1 heterocycles. The van der Waals surface area contributed by atoms with Crippen molar-refractivity contribution in [1.82, 2.24) is 14.9 Å². The monoisotopic (exact) mass is 373 g/mol. The van der Waals surface area contributed by atoms with E-state index in [4.69, 9.17) is 4.74 Å². The number of imidazole rings is 1. The van der Waals surface area contributed by atoms with Crippen LogP contribution in [0.3, 0.4) is 0 Å². The predicted octanol–water partition coefficient (Wildman–Crippen LogP) is 4.30. The first-order valence-electron chi connectivity index (χ1n) is 8.60. The first-order chi connectivity index (χ1) is 12.8. The summed E-state index contributed by atoms with van der Waals surface area (Å²) >= 11 is 0. The van der Waals surface area contributed by atoms with Gasteiger partial charge in [0.15, 0.2) is 6.61 Å². The van der Waals surface area contributed by atoms with Crippen LogP contribution in [0.15, 0.2) is 42.5 Å². The lowest BCUT2D eigenvalue weighted by atomic mass is 10.1. The van der Waals surface area contributed by atoms with E-state index < -0.39 is 18.5 Å². The highest BCUT2D eigenvalue weighted by Gasteiger charge is 2.22. The molecule has 0 aliphatic carbocycles. The maximum absolute atomic E-state index is 13.5. The van der Waals surface area contributed by atoms with Crippen molar-refractivity contribution in [2.24, 2.45) is 0 Å². The first-order valence-corrected chi connectivity index (χ1v) is 8.60. The number of halogens is 2. The van der Waals surface area contributed by atoms with Crippen molar-refractivity contribution in [3.63, 3.8) is 0 Å². The number of fused-ring (bicyclic) bond motifs is 1. The number of carbonyl (C=O) groups excluding carboxylic acids is 1. The molecule has 1 unspecified atom stereocenters. The fraction of sp³-hybridized carbons (Fsp3) is 0.300. The minimum Gasteiger partial charge on any atom is -0.484 e. The second kappa shape index (κ2) is 7.73. The van der Waals surface area contributed by atoms with E-state index in [2.05, 4.69) is 10.3 Å². The van der Waals surface area contributed by atoms with Crippen LogP contribution in [0, 0.1) is 13.8 Å². The molecular weight excluding hydrogens is 352 g/mol. The summed E-state index contributed by atoms with van der Waals surface area (Å²) in [7, 11) is 0. The van der Waals surface area contributed by atoms with Crippen LogP contribution in [0.25, 0.3) is 11.0 Å². The first kappa shape index (κ1) is 18.8. The SMILES string of the molecule is Cc1cc(C)cc(OCC(=O)NC(C)c2nc3ccccc3n2C(F)F)c1. The summed E-state index contributed by atoms with van der Waals surface area (Å²) in [6.07, 6.45) is 0. The van der Waals surface area contributed by atoms with E-state index in [1.165, 1.54) is 0 Å². The lowest BCUT2D eigenvalue weighted by molar-refractivity contribution is -0.123. The summed E-state index contributed by atoms with van der Waals surface area (Å²) in [5, 5.41) is 2.67. The zero-order valence-corrected chi connectivity index (χ0v) is 15.4. The van der Waals surface area contributed by atoms with E-state index in [1.807, 2.05) is 32.0 Å². The molecule has 0 spiro atoms. The highest BCUT2D eigenvalue weighted by molar-refractivity contribution is 5.79. The van der Waals surface area contributed by atoms with Crippen molar-refractivity contribution in [3.8, 4) is 5.75 Å².